The van der Waals surface area contributed by atoms with Crippen LogP contribution in [0, 0.1) is 0 Å². The Labute approximate surface area is 94.2 Å². The van der Waals surface area contributed by atoms with Crippen LogP contribution in [0.2, 0.25) is 10.0 Å². The zero-order chi connectivity index (χ0) is 10.4. The second-order valence-electron chi connectivity index (χ2n) is 2.75. The highest BCUT2D eigenvalue weighted by Gasteiger charge is 1.99. The lowest BCUT2D eigenvalue weighted by Gasteiger charge is -2.08. The van der Waals surface area contributed by atoms with E-state index in [-0.39, 0.29) is 0 Å². The third-order valence-electron chi connectivity index (χ3n) is 1.69. The van der Waals surface area contributed by atoms with E-state index in [1.165, 1.54) is 0 Å². The van der Waals surface area contributed by atoms with E-state index < -0.39 is 0 Å². The third-order valence-corrected chi connectivity index (χ3v) is 2.26. The molecule has 0 saturated heterocycles. The van der Waals surface area contributed by atoms with Crippen molar-refractivity contribution in [3.05, 3.63) is 28.2 Å². The van der Waals surface area contributed by atoms with Crippen LogP contribution in [-0.4, -0.2) is 19.8 Å². The zero-order valence-electron chi connectivity index (χ0n) is 8.02. The molecule has 0 heterocycles. The lowest BCUT2D eigenvalue weighted by atomic mass is 10.3. The second-order valence-corrected chi connectivity index (χ2v) is 3.59. The third kappa shape index (κ3) is 3.74. The van der Waals surface area contributed by atoms with Crippen LogP contribution in [0.5, 0.6) is 0 Å². The van der Waals surface area contributed by atoms with Crippen molar-refractivity contribution < 1.29 is 4.74 Å². The maximum absolute atomic E-state index is 5.95. The molecule has 0 aliphatic rings. The van der Waals surface area contributed by atoms with Crippen LogP contribution in [0.25, 0.3) is 0 Å². The summed E-state index contributed by atoms with van der Waals surface area (Å²) < 4.78 is 5.19. The number of rotatable bonds is 5. The van der Waals surface area contributed by atoms with Gasteiger partial charge >= 0.3 is 0 Å². The summed E-state index contributed by atoms with van der Waals surface area (Å²) in [7, 11) is 0. The minimum atomic E-state index is 0.666. The second kappa shape index (κ2) is 6.12. The average Bonchev–Trinajstić information content (AvgIpc) is 2.18. The molecular weight excluding hydrogens is 221 g/mol. The van der Waals surface area contributed by atoms with Crippen molar-refractivity contribution in [1.82, 2.24) is 0 Å². The molecule has 1 N–H and O–H groups in total. The smallest absolute Gasteiger partial charge is 0.0638 e. The Morgan fingerprint density at radius 1 is 1.36 bits per heavy atom. The van der Waals surface area contributed by atoms with Crippen LogP contribution in [0.15, 0.2) is 18.2 Å². The van der Waals surface area contributed by atoms with E-state index in [0.717, 1.165) is 18.8 Å². The van der Waals surface area contributed by atoms with Gasteiger partial charge in [-0.15, -0.1) is 0 Å². The van der Waals surface area contributed by atoms with Crippen molar-refractivity contribution in [1.29, 1.82) is 0 Å². The Bertz CT molecular complexity index is 291. The summed E-state index contributed by atoms with van der Waals surface area (Å²) >= 11 is 11.8. The minimum Gasteiger partial charge on any atom is -0.381 e. The lowest BCUT2D eigenvalue weighted by molar-refractivity contribution is 0.158. The molecule has 1 aromatic rings. The summed E-state index contributed by atoms with van der Waals surface area (Å²) in [6, 6.07) is 5.33. The molecule has 1 rings (SSSR count). The molecule has 0 unspecified atom stereocenters. The van der Waals surface area contributed by atoms with Crippen LogP contribution >= 0.6 is 23.2 Å². The van der Waals surface area contributed by atoms with E-state index in [4.69, 9.17) is 27.9 Å². The highest BCUT2D eigenvalue weighted by atomic mass is 35.5. The van der Waals surface area contributed by atoms with Crippen LogP contribution in [-0.2, 0) is 4.74 Å². The summed E-state index contributed by atoms with van der Waals surface area (Å²) in [5, 5.41) is 4.49. The molecule has 14 heavy (non-hydrogen) atoms. The first-order valence-electron chi connectivity index (χ1n) is 4.50. The largest absolute Gasteiger partial charge is 0.381 e. The molecular formula is C10H13Cl2NO. The Kier molecular flexibility index (Phi) is 5.09. The SMILES string of the molecule is CCOCCNc1cc(Cl)ccc1Cl. The van der Waals surface area contributed by atoms with Gasteiger partial charge in [0.25, 0.3) is 0 Å². The summed E-state index contributed by atoms with van der Waals surface area (Å²) in [4.78, 5) is 0. The summed E-state index contributed by atoms with van der Waals surface area (Å²) in [5.41, 5.74) is 0.846. The predicted molar refractivity (Wildman–Crippen MR) is 61.4 cm³/mol. The number of hydrogen-bond donors (Lipinski definition) is 1. The molecule has 0 saturated carbocycles. The maximum atomic E-state index is 5.95. The van der Waals surface area contributed by atoms with Gasteiger partial charge in [0.05, 0.1) is 17.3 Å². The molecule has 0 aromatic heterocycles. The number of ether oxygens (including phenoxy) is 1. The van der Waals surface area contributed by atoms with Gasteiger partial charge in [0.15, 0.2) is 0 Å². The lowest BCUT2D eigenvalue weighted by Crippen LogP contribution is -2.09. The molecule has 1 aromatic carbocycles. The fraction of sp³-hybridized carbons (Fsp3) is 0.400. The van der Waals surface area contributed by atoms with E-state index in [9.17, 15) is 0 Å². The highest BCUT2D eigenvalue weighted by molar-refractivity contribution is 6.35. The van der Waals surface area contributed by atoms with Crippen molar-refractivity contribution >= 4 is 28.9 Å². The summed E-state index contributed by atoms with van der Waals surface area (Å²) in [6.45, 7) is 4.09. The van der Waals surface area contributed by atoms with Gasteiger partial charge in [0, 0.05) is 18.2 Å². The topological polar surface area (TPSA) is 21.3 Å². The first-order chi connectivity index (χ1) is 6.74. The van der Waals surface area contributed by atoms with Gasteiger partial charge in [-0.25, -0.2) is 0 Å². The van der Waals surface area contributed by atoms with E-state index in [2.05, 4.69) is 5.32 Å². The van der Waals surface area contributed by atoms with Gasteiger partial charge in [-0.2, -0.15) is 0 Å². The minimum absolute atomic E-state index is 0.666. The van der Waals surface area contributed by atoms with Crippen LogP contribution in [0.3, 0.4) is 0 Å². The number of benzene rings is 1. The molecule has 2 nitrogen and oxygen atoms in total. The van der Waals surface area contributed by atoms with Gasteiger partial charge in [0.2, 0.25) is 0 Å². The van der Waals surface area contributed by atoms with Crippen LogP contribution in [0.1, 0.15) is 6.92 Å². The van der Waals surface area contributed by atoms with Crippen molar-refractivity contribution in [2.24, 2.45) is 0 Å². The molecule has 0 spiro atoms. The fourth-order valence-electron chi connectivity index (χ4n) is 1.04. The normalized spacial score (nSPS) is 10.2. The van der Waals surface area contributed by atoms with E-state index in [0.29, 0.717) is 16.7 Å². The summed E-state index contributed by atoms with van der Waals surface area (Å²) in [5.74, 6) is 0. The van der Waals surface area contributed by atoms with Crippen molar-refractivity contribution in [2.45, 2.75) is 6.92 Å². The Morgan fingerprint density at radius 3 is 2.86 bits per heavy atom. The predicted octanol–water partition coefficient (Wildman–Crippen LogP) is 3.44. The first-order valence-corrected chi connectivity index (χ1v) is 5.26. The molecule has 0 radical (unpaired) electrons. The standard InChI is InChI=1S/C10H13Cl2NO/c1-2-14-6-5-13-10-7-8(11)3-4-9(10)12/h3-4,7,13H,2,5-6H2,1H3. The van der Waals surface area contributed by atoms with Crippen molar-refractivity contribution in [3.63, 3.8) is 0 Å². The molecule has 0 fully saturated rings. The van der Waals surface area contributed by atoms with Crippen molar-refractivity contribution in [2.75, 3.05) is 25.1 Å². The van der Waals surface area contributed by atoms with Crippen LogP contribution in [0.4, 0.5) is 5.69 Å². The van der Waals surface area contributed by atoms with Crippen LogP contribution < -0.4 is 5.32 Å². The van der Waals surface area contributed by atoms with Gasteiger partial charge in [-0.3, -0.25) is 0 Å². The molecule has 0 aliphatic carbocycles. The van der Waals surface area contributed by atoms with E-state index in [1.54, 1.807) is 18.2 Å². The number of hydrogen-bond acceptors (Lipinski definition) is 2. The Morgan fingerprint density at radius 2 is 2.14 bits per heavy atom. The molecule has 4 heteroatoms. The number of anilines is 1. The molecule has 0 bridgehead atoms. The maximum Gasteiger partial charge on any atom is 0.0638 e. The number of nitrogens with one attached hydrogen (secondary N) is 1. The quantitative estimate of drug-likeness (QED) is 0.788. The van der Waals surface area contributed by atoms with E-state index in [1.807, 2.05) is 6.92 Å². The average molecular weight is 234 g/mol. The number of halogens is 2. The van der Waals surface area contributed by atoms with Gasteiger partial charge < -0.3 is 10.1 Å². The molecule has 0 aliphatic heterocycles. The first kappa shape index (κ1) is 11.6. The molecule has 0 amide bonds. The zero-order valence-corrected chi connectivity index (χ0v) is 9.53. The Hall–Kier alpha value is -0.440. The molecule has 78 valence electrons. The van der Waals surface area contributed by atoms with Gasteiger partial charge in [0.1, 0.15) is 0 Å². The molecule has 0 atom stereocenters. The summed E-state index contributed by atoms with van der Waals surface area (Å²) in [6.07, 6.45) is 0. The highest BCUT2D eigenvalue weighted by Crippen LogP contribution is 2.24. The van der Waals surface area contributed by atoms with Gasteiger partial charge in [-0.1, -0.05) is 23.2 Å². The van der Waals surface area contributed by atoms with Crippen molar-refractivity contribution in [3.8, 4) is 0 Å². The van der Waals surface area contributed by atoms with Gasteiger partial charge in [-0.05, 0) is 25.1 Å². The fourth-order valence-corrected chi connectivity index (χ4v) is 1.39. The van der Waals surface area contributed by atoms with E-state index >= 15 is 0 Å². The monoisotopic (exact) mass is 233 g/mol. The Balaban J connectivity index is 2.45.